The zero-order valence-electron chi connectivity index (χ0n) is 14.9. The van der Waals surface area contributed by atoms with E-state index in [-0.39, 0.29) is 5.91 Å². The Labute approximate surface area is 148 Å². The monoisotopic (exact) mass is 346 g/mol. The number of amides is 2. The van der Waals surface area contributed by atoms with Crippen molar-refractivity contribution in [2.24, 2.45) is 0 Å². The number of hydrogen-bond acceptors (Lipinski definition) is 3. The van der Waals surface area contributed by atoms with Gasteiger partial charge in [-0.3, -0.25) is 9.59 Å². The minimum Gasteiger partial charge on any atom is -0.480 e. The van der Waals surface area contributed by atoms with E-state index in [0.717, 1.165) is 25.7 Å². The van der Waals surface area contributed by atoms with Crippen LogP contribution in [0.3, 0.4) is 0 Å². The molecule has 2 amide bonds. The van der Waals surface area contributed by atoms with E-state index in [1.807, 2.05) is 6.92 Å². The summed E-state index contributed by atoms with van der Waals surface area (Å²) in [6, 6.07) is 6.43. The van der Waals surface area contributed by atoms with Crippen molar-refractivity contribution >= 4 is 17.8 Å². The van der Waals surface area contributed by atoms with Crippen molar-refractivity contribution < 1.29 is 19.5 Å². The molecule has 0 aliphatic heterocycles. The number of nitrogens with zero attached hydrogens (tertiary/aromatic N) is 1. The molecule has 2 N–H and O–H groups in total. The summed E-state index contributed by atoms with van der Waals surface area (Å²) in [6.45, 7) is 2.44. The van der Waals surface area contributed by atoms with Crippen LogP contribution in [0, 0.1) is 0 Å². The second-order valence-corrected chi connectivity index (χ2v) is 6.66. The number of carbonyl (C=O) groups excluding carboxylic acids is 2. The molecular weight excluding hydrogens is 320 g/mol. The van der Waals surface area contributed by atoms with Crippen molar-refractivity contribution in [2.45, 2.75) is 51.0 Å². The summed E-state index contributed by atoms with van der Waals surface area (Å²) in [6.07, 6.45) is 4.41. The van der Waals surface area contributed by atoms with Gasteiger partial charge in [0.2, 0.25) is 0 Å². The Bertz CT molecular complexity index is 649. The maximum absolute atomic E-state index is 12.6. The molecule has 0 saturated heterocycles. The van der Waals surface area contributed by atoms with Crippen LogP contribution in [0.4, 0.5) is 0 Å². The van der Waals surface area contributed by atoms with E-state index in [0.29, 0.717) is 30.5 Å². The molecule has 0 unspecified atom stereocenters. The van der Waals surface area contributed by atoms with E-state index >= 15 is 0 Å². The highest BCUT2D eigenvalue weighted by Crippen LogP contribution is 2.28. The molecule has 0 spiro atoms. The number of aliphatic carboxylic acids is 1. The third kappa shape index (κ3) is 4.38. The maximum atomic E-state index is 12.6. The number of carboxylic acid groups (broad SMARTS) is 1. The summed E-state index contributed by atoms with van der Waals surface area (Å²) in [7, 11) is 1.69. The quantitative estimate of drug-likeness (QED) is 0.803. The van der Waals surface area contributed by atoms with E-state index in [1.54, 1.807) is 30.1 Å². The smallest absolute Gasteiger partial charge is 0.329 e. The highest BCUT2D eigenvalue weighted by Gasteiger charge is 2.40. The van der Waals surface area contributed by atoms with Gasteiger partial charge < -0.3 is 15.3 Å². The highest BCUT2D eigenvalue weighted by atomic mass is 16.4. The fraction of sp³-hybridized carbons (Fsp3) is 0.526. The van der Waals surface area contributed by atoms with Crippen LogP contribution in [0.2, 0.25) is 0 Å². The Hall–Kier alpha value is -2.37. The minimum absolute atomic E-state index is 0.167. The number of carboxylic acids is 1. The summed E-state index contributed by atoms with van der Waals surface area (Å²) in [5.74, 6) is -1.60. The van der Waals surface area contributed by atoms with Crippen LogP contribution in [-0.4, -0.2) is 46.9 Å². The maximum Gasteiger partial charge on any atom is 0.329 e. The Morgan fingerprint density at radius 1 is 1.12 bits per heavy atom. The molecule has 1 aliphatic rings. The van der Waals surface area contributed by atoms with Gasteiger partial charge in [-0.25, -0.2) is 4.79 Å². The second kappa shape index (κ2) is 8.14. The standard InChI is InChI=1S/C19H26N2O4/c1-3-21(2)17(23)15-10-8-9-14(13-15)16(22)20-19(18(24)25)11-6-4-5-7-12-19/h8-10,13H,3-7,11-12H2,1-2H3,(H,20,22)(H,24,25). The van der Waals surface area contributed by atoms with Crippen molar-refractivity contribution in [1.29, 1.82) is 0 Å². The van der Waals surface area contributed by atoms with Gasteiger partial charge in [0.25, 0.3) is 11.8 Å². The van der Waals surface area contributed by atoms with E-state index in [2.05, 4.69) is 5.32 Å². The molecule has 0 heterocycles. The molecule has 1 aliphatic carbocycles. The SMILES string of the molecule is CCN(C)C(=O)c1cccc(C(=O)NC2(C(=O)O)CCCCCC2)c1. The summed E-state index contributed by atoms with van der Waals surface area (Å²) in [4.78, 5) is 38.3. The van der Waals surface area contributed by atoms with Crippen LogP contribution in [0.25, 0.3) is 0 Å². The van der Waals surface area contributed by atoms with Gasteiger partial charge in [0, 0.05) is 24.7 Å². The number of rotatable bonds is 5. The number of benzene rings is 1. The molecule has 1 aromatic rings. The van der Waals surface area contributed by atoms with Crippen LogP contribution in [0.5, 0.6) is 0 Å². The number of hydrogen-bond donors (Lipinski definition) is 2. The first-order chi connectivity index (χ1) is 11.9. The van der Waals surface area contributed by atoms with Gasteiger partial charge in [0.15, 0.2) is 0 Å². The van der Waals surface area contributed by atoms with Crippen molar-refractivity contribution in [3.8, 4) is 0 Å². The second-order valence-electron chi connectivity index (χ2n) is 6.66. The Kier molecular flexibility index (Phi) is 6.17. The van der Waals surface area contributed by atoms with Gasteiger partial charge in [-0.15, -0.1) is 0 Å². The predicted octanol–water partition coefficient (Wildman–Crippen LogP) is 2.69. The van der Waals surface area contributed by atoms with Crippen LogP contribution < -0.4 is 5.32 Å². The molecule has 1 saturated carbocycles. The summed E-state index contributed by atoms with van der Waals surface area (Å²) in [5, 5.41) is 12.4. The van der Waals surface area contributed by atoms with Gasteiger partial charge in [-0.1, -0.05) is 31.7 Å². The van der Waals surface area contributed by atoms with Crippen molar-refractivity contribution in [3.05, 3.63) is 35.4 Å². The van der Waals surface area contributed by atoms with Crippen LogP contribution >= 0.6 is 0 Å². The van der Waals surface area contributed by atoms with Crippen molar-refractivity contribution in [3.63, 3.8) is 0 Å². The average molecular weight is 346 g/mol. The van der Waals surface area contributed by atoms with E-state index < -0.39 is 17.4 Å². The Balaban J connectivity index is 2.22. The summed E-state index contributed by atoms with van der Waals surface area (Å²) >= 11 is 0. The first-order valence-corrected chi connectivity index (χ1v) is 8.81. The first-order valence-electron chi connectivity index (χ1n) is 8.81. The molecule has 0 radical (unpaired) electrons. The Morgan fingerprint density at radius 2 is 1.72 bits per heavy atom. The molecule has 1 aromatic carbocycles. The van der Waals surface area contributed by atoms with Gasteiger partial charge in [-0.05, 0) is 38.0 Å². The normalized spacial score (nSPS) is 16.6. The van der Waals surface area contributed by atoms with E-state index in [1.165, 1.54) is 6.07 Å². The predicted molar refractivity (Wildman–Crippen MR) is 94.6 cm³/mol. The molecule has 0 bridgehead atoms. The Morgan fingerprint density at radius 3 is 2.28 bits per heavy atom. The lowest BCUT2D eigenvalue weighted by atomic mass is 9.89. The molecule has 25 heavy (non-hydrogen) atoms. The van der Waals surface area contributed by atoms with Crippen molar-refractivity contribution in [1.82, 2.24) is 10.2 Å². The van der Waals surface area contributed by atoms with Crippen LogP contribution in [-0.2, 0) is 4.79 Å². The third-order valence-electron chi connectivity index (χ3n) is 4.91. The fourth-order valence-electron chi connectivity index (χ4n) is 3.17. The molecule has 1 fully saturated rings. The van der Waals surface area contributed by atoms with Crippen LogP contribution in [0.1, 0.15) is 66.2 Å². The molecule has 0 atom stereocenters. The van der Waals surface area contributed by atoms with Crippen molar-refractivity contribution in [2.75, 3.05) is 13.6 Å². The van der Waals surface area contributed by atoms with Crippen LogP contribution in [0.15, 0.2) is 24.3 Å². The highest BCUT2D eigenvalue weighted by molar-refractivity contribution is 6.01. The molecule has 6 nitrogen and oxygen atoms in total. The fourth-order valence-corrected chi connectivity index (χ4v) is 3.17. The van der Waals surface area contributed by atoms with E-state index in [4.69, 9.17) is 0 Å². The van der Waals surface area contributed by atoms with Gasteiger partial charge >= 0.3 is 5.97 Å². The summed E-state index contributed by atoms with van der Waals surface area (Å²) < 4.78 is 0. The molecule has 136 valence electrons. The summed E-state index contributed by atoms with van der Waals surface area (Å²) in [5.41, 5.74) is -0.490. The number of nitrogens with one attached hydrogen (secondary N) is 1. The first kappa shape index (κ1) is 19.0. The zero-order chi connectivity index (χ0) is 18.4. The molecule has 6 heteroatoms. The minimum atomic E-state index is -1.21. The van der Waals surface area contributed by atoms with E-state index in [9.17, 15) is 19.5 Å². The zero-order valence-corrected chi connectivity index (χ0v) is 14.9. The number of carbonyl (C=O) groups is 3. The average Bonchev–Trinajstić information content (AvgIpc) is 2.87. The molecule has 2 rings (SSSR count). The molecule has 0 aromatic heterocycles. The van der Waals surface area contributed by atoms with Gasteiger partial charge in [0.1, 0.15) is 5.54 Å². The molecular formula is C19H26N2O4. The lowest BCUT2D eigenvalue weighted by Gasteiger charge is -2.29. The topological polar surface area (TPSA) is 86.7 Å². The lowest BCUT2D eigenvalue weighted by molar-refractivity contribution is -0.145. The largest absolute Gasteiger partial charge is 0.480 e. The van der Waals surface area contributed by atoms with Gasteiger partial charge in [0.05, 0.1) is 0 Å². The third-order valence-corrected chi connectivity index (χ3v) is 4.91. The lowest BCUT2D eigenvalue weighted by Crippen LogP contribution is -2.54. The van der Waals surface area contributed by atoms with Gasteiger partial charge in [-0.2, -0.15) is 0 Å².